The summed E-state index contributed by atoms with van der Waals surface area (Å²) < 4.78 is 11.6. The predicted molar refractivity (Wildman–Crippen MR) is 94.1 cm³/mol. The van der Waals surface area contributed by atoms with Crippen molar-refractivity contribution < 1.29 is 9.47 Å². The summed E-state index contributed by atoms with van der Waals surface area (Å²) in [7, 11) is 0. The molecule has 0 aromatic heterocycles. The third-order valence-corrected chi connectivity index (χ3v) is 3.90. The molecule has 0 radical (unpaired) electrons. The molecule has 0 saturated carbocycles. The molecule has 1 rings (SSSR count). The SMILES string of the molecule is CC#CC(C)C(C)c1cc(Cl)c(OCCC)cc1OCCC. The average molecular weight is 323 g/mol. The first-order chi connectivity index (χ1) is 10.5. The number of hydrogen-bond acceptors (Lipinski definition) is 2. The zero-order valence-electron chi connectivity index (χ0n) is 14.3. The van der Waals surface area contributed by atoms with Crippen LogP contribution in [0.5, 0.6) is 11.5 Å². The maximum absolute atomic E-state index is 6.38. The molecule has 0 N–H and O–H groups in total. The van der Waals surface area contributed by atoms with Crippen LogP contribution in [0.4, 0.5) is 0 Å². The maximum Gasteiger partial charge on any atom is 0.141 e. The summed E-state index contributed by atoms with van der Waals surface area (Å²) in [5.41, 5.74) is 1.09. The second-order valence-electron chi connectivity index (χ2n) is 5.49. The van der Waals surface area contributed by atoms with Gasteiger partial charge < -0.3 is 9.47 Å². The highest BCUT2D eigenvalue weighted by atomic mass is 35.5. The van der Waals surface area contributed by atoms with Crippen LogP contribution < -0.4 is 9.47 Å². The van der Waals surface area contributed by atoms with Crippen molar-refractivity contribution in [3.63, 3.8) is 0 Å². The van der Waals surface area contributed by atoms with E-state index in [1.807, 2.05) is 19.1 Å². The van der Waals surface area contributed by atoms with E-state index >= 15 is 0 Å². The summed E-state index contributed by atoms with van der Waals surface area (Å²) in [6.45, 7) is 11.7. The Bertz CT molecular complexity index is 528. The van der Waals surface area contributed by atoms with Gasteiger partial charge in [0.05, 0.1) is 18.2 Å². The van der Waals surface area contributed by atoms with Crippen LogP contribution in [0.2, 0.25) is 5.02 Å². The molecule has 0 aliphatic heterocycles. The Labute approximate surface area is 140 Å². The summed E-state index contributed by atoms with van der Waals surface area (Å²) in [6, 6.07) is 3.89. The lowest BCUT2D eigenvalue weighted by atomic mass is 9.88. The molecular formula is C19H27ClO2. The fraction of sp³-hybridized carbons (Fsp3) is 0.579. The van der Waals surface area contributed by atoms with Crippen molar-refractivity contribution >= 4 is 11.6 Å². The third kappa shape index (κ3) is 5.14. The summed E-state index contributed by atoms with van der Waals surface area (Å²) in [5, 5.41) is 0.635. The van der Waals surface area contributed by atoms with E-state index in [0.717, 1.165) is 24.2 Å². The fourth-order valence-electron chi connectivity index (χ4n) is 2.19. The van der Waals surface area contributed by atoms with E-state index in [4.69, 9.17) is 21.1 Å². The second kappa shape index (κ2) is 9.64. The van der Waals surface area contributed by atoms with Crippen LogP contribution in [0, 0.1) is 17.8 Å². The van der Waals surface area contributed by atoms with E-state index in [1.165, 1.54) is 0 Å². The van der Waals surface area contributed by atoms with Crippen LogP contribution in [-0.4, -0.2) is 13.2 Å². The quantitative estimate of drug-likeness (QED) is 0.573. The molecule has 0 heterocycles. The molecule has 1 aromatic carbocycles. The third-order valence-electron chi connectivity index (χ3n) is 3.60. The Kier molecular flexibility index (Phi) is 8.20. The van der Waals surface area contributed by atoms with Crippen LogP contribution in [0.25, 0.3) is 0 Å². The van der Waals surface area contributed by atoms with E-state index in [9.17, 15) is 0 Å². The van der Waals surface area contributed by atoms with Crippen LogP contribution in [0.1, 0.15) is 58.9 Å². The molecule has 0 bridgehead atoms. The highest BCUT2D eigenvalue weighted by Crippen LogP contribution is 2.39. The van der Waals surface area contributed by atoms with Crippen LogP contribution in [0.3, 0.4) is 0 Å². The number of halogens is 1. The Morgan fingerprint density at radius 2 is 1.64 bits per heavy atom. The van der Waals surface area contributed by atoms with Gasteiger partial charge in [0.25, 0.3) is 0 Å². The first-order valence-electron chi connectivity index (χ1n) is 8.06. The van der Waals surface area contributed by atoms with Gasteiger partial charge in [-0.15, -0.1) is 5.92 Å². The molecule has 0 spiro atoms. The lowest BCUT2D eigenvalue weighted by Gasteiger charge is -2.21. The average Bonchev–Trinajstić information content (AvgIpc) is 2.51. The largest absolute Gasteiger partial charge is 0.493 e. The number of ether oxygens (including phenoxy) is 2. The molecular weight excluding hydrogens is 296 g/mol. The maximum atomic E-state index is 6.38. The lowest BCUT2D eigenvalue weighted by Crippen LogP contribution is -2.08. The first kappa shape index (κ1) is 18.7. The molecule has 1 aromatic rings. The predicted octanol–water partition coefficient (Wildman–Crippen LogP) is 5.68. The van der Waals surface area contributed by atoms with E-state index in [0.29, 0.717) is 24.0 Å². The second-order valence-corrected chi connectivity index (χ2v) is 5.90. The van der Waals surface area contributed by atoms with Crippen molar-refractivity contribution in [2.75, 3.05) is 13.2 Å². The minimum atomic E-state index is 0.243. The van der Waals surface area contributed by atoms with Crippen LogP contribution in [-0.2, 0) is 0 Å². The Morgan fingerprint density at radius 1 is 1.05 bits per heavy atom. The molecule has 0 amide bonds. The van der Waals surface area contributed by atoms with Gasteiger partial charge in [-0.05, 0) is 37.3 Å². The van der Waals surface area contributed by atoms with Gasteiger partial charge in [-0.1, -0.05) is 45.2 Å². The minimum absolute atomic E-state index is 0.243. The highest BCUT2D eigenvalue weighted by molar-refractivity contribution is 6.32. The Balaban J connectivity index is 3.16. The fourth-order valence-corrected chi connectivity index (χ4v) is 2.41. The van der Waals surface area contributed by atoms with Gasteiger partial charge in [-0.25, -0.2) is 0 Å². The number of benzene rings is 1. The summed E-state index contributed by atoms with van der Waals surface area (Å²) >= 11 is 6.38. The zero-order chi connectivity index (χ0) is 16.5. The van der Waals surface area contributed by atoms with Crippen molar-refractivity contribution in [3.05, 3.63) is 22.7 Å². The van der Waals surface area contributed by atoms with Crippen molar-refractivity contribution in [2.24, 2.45) is 5.92 Å². The molecule has 122 valence electrons. The summed E-state index contributed by atoms with van der Waals surface area (Å²) in [6.07, 6.45) is 1.91. The van der Waals surface area contributed by atoms with Crippen molar-refractivity contribution in [1.82, 2.24) is 0 Å². The first-order valence-corrected chi connectivity index (χ1v) is 8.44. The van der Waals surface area contributed by atoms with Gasteiger partial charge in [0.1, 0.15) is 11.5 Å². The summed E-state index contributed by atoms with van der Waals surface area (Å²) in [5.74, 6) is 8.24. The van der Waals surface area contributed by atoms with E-state index in [1.54, 1.807) is 0 Å². The van der Waals surface area contributed by atoms with Gasteiger partial charge in [0.2, 0.25) is 0 Å². The van der Waals surface area contributed by atoms with Crippen molar-refractivity contribution in [1.29, 1.82) is 0 Å². The monoisotopic (exact) mass is 322 g/mol. The number of hydrogen-bond donors (Lipinski definition) is 0. The molecule has 2 nitrogen and oxygen atoms in total. The standard InChI is InChI=1S/C19H27ClO2/c1-6-9-14(4)15(5)16-12-17(20)19(22-11-8-3)13-18(16)21-10-7-2/h12-15H,7-8,10-11H2,1-5H3. The zero-order valence-corrected chi connectivity index (χ0v) is 15.1. The molecule has 22 heavy (non-hydrogen) atoms. The molecule has 3 heteroatoms. The van der Waals surface area contributed by atoms with Crippen molar-refractivity contribution in [2.45, 2.75) is 53.4 Å². The van der Waals surface area contributed by atoms with Crippen molar-refractivity contribution in [3.8, 4) is 23.3 Å². The van der Waals surface area contributed by atoms with Gasteiger partial charge >= 0.3 is 0 Å². The molecule has 0 fully saturated rings. The van der Waals surface area contributed by atoms with E-state index in [2.05, 4.69) is 39.5 Å². The van der Waals surface area contributed by atoms with Crippen LogP contribution >= 0.6 is 11.6 Å². The highest BCUT2D eigenvalue weighted by Gasteiger charge is 2.20. The molecule has 0 aliphatic rings. The summed E-state index contributed by atoms with van der Waals surface area (Å²) in [4.78, 5) is 0. The Morgan fingerprint density at radius 3 is 2.18 bits per heavy atom. The molecule has 0 aliphatic carbocycles. The molecule has 2 atom stereocenters. The lowest BCUT2D eigenvalue weighted by molar-refractivity contribution is 0.297. The van der Waals surface area contributed by atoms with E-state index in [-0.39, 0.29) is 11.8 Å². The molecule has 0 saturated heterocycles. The molecule has 2 unspecified atom stereocenters. The van der Waals surface area contributed by atoms with Crippen LogP contribution in [0.15, 0.2) is 12.1 Å². The van der Waals surface area contributed by atoms with Gasteiger partial charge in [0.15, 0.2) is 0 Å². The van der Waals surface area contributed by atoms with E-state index < -0.39 is 0 Å². The van der Waals surface area contributed by atoms with Gasteiger partial charge in [-0.2, -0.15) is 0 Å². The Hall–Kier alpha value is -1.33. The normalized spacial score (nSPS) is 13.0. The number of rotatable bonds is 8. The minimum Gasteiger partial charge on any atom is -0.493 e. The van der Waals surface area contributed by atoms with Gasteiger partial charge in [0, 0.05) is 12.0 Å². The smallest absolute Gasteiger partial charge is 0.141 e. The topological polar surface area (TPSA) is 18.5 Å². The van der Waals surface area contributed by atoms with Gasteiger partial charge in [-0.3, -0.25) is 0 Å².